The molecular formula is C34H33N5O2S. The zero-order valence-corrected chi connectivity index (χ0v) is 24.9. The highest BCUT2D eigenvalue weighted by molar-refractivity contribution is 7.80. The molecule has 8 heteroatoms. The van der Waals surface area contributed by atoms with Crippen LogP contribution in [-0.2, 0) is 9.53 Å². The molecule has 0 unspecified atom stereocenters. The van der Waals surface area contributed by atoms with Gasteiger partial charge in [0.05, 0.1) is 23.5 Å². The lowest BCUT2D eigenvalue weighted by atomic mass is 9.96. The van der Waals surface area contributed by atoms with E-state index in [1.54, 1.807) is 0 Å². The molecule has 1 aliphatic heterocycles. The molecule has 1 amide bonds. The minimum absolute atomic E-state index is 0.00146. The maximum atomic E-state index is 12.2. The number of methoxy groups -OCH3 is 1. The summed E-state index contributed by atoms with van der Waals surface area (Å²) >= 11 is 5.99. The molecule has 42 heavy (non-hydrogen) atoms. The lowest BCUT2D eigenvalue weighted by molar-refractivity contribution is -0.119. The van der Waals surface area contributed by atoms with Crippen molar-refractivity contribution < 1.29 is 9.53 Å². The van der Waals surface area contributed by atoms with Crippen LogP contribution >= 0.6 is 12.2 Å². The molecule has 0 radical (unpaired) electrons. The highest BCUT2D eigenvalue weighted by Crippen LogP contribution is 2.44. The Hall–Kier alpha value is -4.53. The molecule has 0 saturated carbocycles. The van der Waals surface area contributed by atoms with E-state index in [0.717, 1.165) is 39.7 Å². The van der Waals surface area contributed by atoms with E-state index >= 15 is 0 Å². The van der Waals surface area contributed by atoms with Crippen LogP contribution < -0.4 is 15.5 Å². The summed E-state index contributed by atoms with van der Waals surface area (Å²) in [6.45, 7) is 6.32. The summed E-state index contributed by atoms with van der Waals surface area (Å²) in [7, 11) is 1.51. The van der Waals surface area contributed by atoms with Gasteiger partial charge in [-0.3, -0.25) is 9.78 Å². The van der Waals surface area contributed by atoms with Crippen molar-refractivity contribution in [2.45, 2.75) is 32.9 Å². The second-order valence-electron chi connectivity index (χ2n) is 10.6. The molecule has 7 nitrogen and oxygen atoms in total. The Kier molecular flexibility index (Phi) is 7.49. The van der Waals surface area contributed by atoms with E-state index in [2.05, 4.69) is 88.5 Å². The largest absolute Gasteiger partial charge is 0.375 e. The highest BCUT2D eigenvalue weighted by Gasteiger charge is 2.42. The van der Waals surface area contributed by atoms with Gasteiger partial charge in [0.2, 0.25) is 5.91 Å². The number of ether oxygens (including phenoxy) is 1. The molecule has 6 rings (SSSR count). The van der Waals surface area contributed by atoms with Gasteiger partial charge in [-0.15, -0.1) is 0 Å². The molecule has 0 bridgehead atoms. The van der Waals surface area contributed by atoms with Crippen LogP contribution in [0.4, 0.5) is 11.4 Å². The summed E-state index contributed by atoms with van der Waals surface area (Å²) in [6.07, 6.45) is 1.82. The Morgan fingerprint density at radius 3 is 2.55 bits per heavy atom. The number of rotatable bonds is 7. The second-order valence-corrected chi connectivity index (χ2v) is 11.0. The van der Waals surface area contributed by atoms with Crippen molar-refractivity contribution >= 4 is 45.4 Å². The summed E-state index contributed by atoms with van der Waals surface area (Å²) in [5.74, 6) is -0.194. The van der Waals surface area contributed by atoms with Gasteiger partial charge < -0.3 is 24.8 Å². The topological polar surface area (TPSA) is 71.4 Å². The van der Waals surface area contributed by atoms with E-state index in [1.165, 1.54) is 23.4 Å². The molecule has 2 atom stereocenters. The van der Waals surface area contributed by atoms with Crippen molar-refractivity contribution in [1.29, 1.82) is 0 Å². The van der Waals surface area contributed by atoms with E-state index in [9.17, 15) is 4.79 Å². The number of fused-ring (bicyclic) bond motifs is 1. The van der Waals surface area contributed by atoms with Gasteiger partial charge in [-0.2, -0.15) is 0 Å². The minimum Gasteiger partial charge on any atom is -0.375 e. The number of benzene rings is 3. The summed E-state index contributed by atoms with van der Waals surface area (Å²) in [5.41, 5.74) is 8.13. The quantitative estimate of drug-likeness (QED) is 0.210. The van der Waals surface area contributed by atoms with Crippen molar-refractivity contribution in [2.75, 3.05) is 23.9 Å². The summed E-state index contributed by atoms with van der Waals surface area (Å²) in [6, 6.07) is 28.8. The zero-order chi connectivity index (χ0) is 29.4. The number of nitrogens with zero attached hydrogens (tertiary/aromatic N) is 3. The number of anilines is 2. The van der Waals surface area contributed by atoms with Crippen molar-refractivity contribution in [2.24, 2.45) is 0 Å². The first kappa shape index (κ1) is 27.6. The van der Waals surface area contributed by atoms with Crippen molar-refractivity contribution in [3.63, 3.8) is 0 Å². The van der Waals surface area contributed by atoms with Crippen LogP contribution in [-0.4, -0.2) is 34.3 Å². The Morgan fingerprint density at radius 1 is 1.00 bits per heavy atom. The molecule has 2 aromatic heterocycles. The van der Waals surface area contributed by atoms with Crippen LogP contribution in [0.1, 0.15) is 40.3 Å². The number of amides is 1. The van der Waals surface area contributed by atoms with Crippen LogP contribution in [0.3, 0.4) is 0 Å². The van der Waals surface area contributed by atoms with Crippen LogP contribution in [0.25, 0.3) is 16.5 Å². The predicted octanol–water partition coefficient (Wildman–Crippen LogP) is 6.71. The molecule has 0 aliphatic carbocycles. The fourth-order valence-corrected chi connectivity index (χ4v) is 6.41. The summed E-state index contributed by atoms with van der Waals surface area (Å²) in [5, 5.41) is 9.53. The average Bonchev–Trinajstić information content (AvgIpc) is 3.49. The van der Waals surface area contributed by atoms with Gasteiger partial charge >= 0.3 is 0 Å². The molecule has 3 heterocycles. The fourth-order valence-electron chi connectivity index (χ4n) is 6.07. The molecule has 5 aromatic rings. The van der Waals surface area contributed by atoms with Crippen molar-refractivity contribution in [1.82, 2.24) is 14.9 Å². The number of carbonyl (C=O) groups is 1. The monoisotopic (exact) mass is 575 g/mol. The number of hydrogen-bond donors (Lipinski definition) is 2. The first-order valence-corrected chi connectivity index (χ1v) is 14.3. The van der Waals surface area contributed by atoms with Crippen LogP contribution in [0.5, 0.6) is 0 Å². The fraction of sp³-hybridized carbons (Fsp3) is 0.206. The standard InChI is InChI=1S/C34H33N5O2S/c1-21-18-25(15-16-28(21)36-31(40)20-41-4)39-33(32(37-34(39)42)29-13-7-8-17-35-29)27-19-22(2)38(23(27)3)30-14-9-11-24-10-5-6-12-26(24)30/h5-19,32-33H,20H2,1-4H3,(H,36,40)(H,37,42)/t32-,33-/m1/s1. The van der Waals surface area contributed by atoms with Crippen LogP contribution in [0.15, 0.2) is 91.1 Å². The molecule has 1 aliphatic rings. The number of pyridine rings is 1. The molecule has 1 fully saturated rings. The van der Waals surface area contributed by atoms with Crippen LogP contribution in [0.2, 0.25) is 0 Å². The molecule has 2 N–H and O–H groups in total. The minimum atomic E-state index is -0.194. The highest BCUT2D eigenvalue weighted by atomic mass is 32.1. The van der Waals surface area contributed by atoms with Gasteiger partial charge in [0.1, 0.15) is 6.61 Å². The third kappa shape index (κ3) is 4.93. The van der Waals surface area contributed by atoms with Gasteiger partial charge in [-0.05, 0) is 92.0 Å². The van der Waals surface area contributed by atoms with E-state index in [0.29, 0.717) is 5.11 Å². The Balaban J connectivity index is 1.48. The van der Waals surface area contributed by atoms with Gasteiger partial charge in [0.15, 0.2) is 5.11 Å². The third-order valence-corrected chi connectivity index (χ3v) is 8.25. The van der Waals surface area contributed by atoms with E-state index in [-0.39, 0.29) is 24.6 Å². The summed E-state index contributed by atoms with van der Waals surface area (Å²) < 4.78 is 7.32. The predicted molar refractivity (Wildman–Crippen MR) is 172 cm³/mol. The number of aryl methyl sites for hydroxylation is 2. The summed E-state index contributed by atoms with van der Waals surface area (Å²) in [4.78, 5) is 19.1. The Morgan fingerprint density at radius 2 is 1.79 bits per heavy atom. The first-order valence-electron chi connectivity index (χ1n) is 13.9. The lowest BCUT2D eigenvalue weighted by Crippen LogP contribution is -2.29. The average molecular weight is 576 g/mol. The normalized spacial score (nSPS) is 16.6. The number of aromatic nitrogens is 2. The maximum absolute atomic E-state index is 12.2. The number of thiocarbonyl (C=S) groups is 1. The van der Waals surface area contributed by atoms with E-state index < -0.39 is 0 Å². The SMILES string of the molecule is COCC(=O)Nc1ccc(N2C(=S)N[C@H](c3ccccn3)[C@H]2c2cc(C)n(-c3cccc4ccccc34)c2C)cc1C. The van der Waals surface area contributed by atoms with Gasteiger partial charge in [0, 0.05) is 41.5 Å². The van der Waals surface area contributed by atoms with E-state index in [4.69, 9.17) is 21.9 Å². The first-order chi connectivity index (χ1) is 20.4. The van der Waals surface area contributed by atoms with E-state index in [1.807, 2.05) is 43.5 Å². The Labute approximate surface area is 251 Å². The second kappa shape index (κ2) is 11.4. The van der Waals surface area contributed by atoms with Crippen LogP contribution in [0, 0.1) is 20.8 Å². The third-order valence-electron chi connectivity index (χ3n) is 7.93. The molecular weight excluding hydrogens is 542 g/mol. The lowest BCUT2D eigenvalue weighted by Gasteiger charge is -2.29. The van der Waals surface area contributed by atoms with Crippen molar-refractivity contribution in [3.8, 4) is 5.69 Å². The molecule has 212 valence electrons. The number of carbonyl (C=O) groups excluding carboxylic acids is 1. The zero-order valence-electron chi connectivity index (χ0n) is 24.1. The van der Waals surface area contributed by atoms with Gasteiger partial charge in [0.25, 0.3) is 0 Å². The van der Waals surface area contributed by atoms with Gasteiger partial charge in [-0.25, -0.2) is 0 Å². The van der Waals surface area contributed by atoms with Gasteiger partial charge in [-0.1, -0.05) is 42.5 Å². The maximum Gasteiger partial charge on any atom is 0.250 e. The smallest absolute Gasteiger partial charge is 0.250 e. The van der Waals surface area contributed by atoms with Crippen molar-refractivity contribution in [3.05, 3.63) is 119 Å². The number of hydrogen-bond acceptors (Lipinski definition) is 4. The molecule has 1 saturated heterocycles. The molecule has 3 aromatic carbocycles. The molecule has 0 spiro atoms. The number of nitrogens with one attached hydrogen (secondary N) is 2. The Bertz CT molecular complexity index is 1790.